The molecule has 4 heterocycles. The molecular formula is C21H21B2N9O2. The summed E-state index contributed by atoms with van der Waals surface area (Å²) in [6, 6.07) is 5.14. The maximum atomic E-state index is 13.2. The summed E-state index contributed by atoms with van der Waals surface area (Å²) in [7, 11) is 16.6. The van der Waals surface area contributed by atoms with Gasteiger partial charge in [-0.05, 0) is 37.0 Å². The molecule has 1 aliphatic heterocycles. The Balaban J connectivity index is 1.60. The number of carbonyl (C=O) groups is 1. The van der Waals surface area contributed by atoms with Gasteiger partial charge in [0.1, 0.15) is 26.7 Å². The fourth-order valence-electron chi connectivity index (χ4n) is 4.82. The smallest absolute Gasteiger partial charge is 0.271 e. The van der Waals surface area contributed by atoms with E-state index in [2.05, 4.69) is 36.3 Å². The van der Waals surface area contributed by atoms with E-state index in [4.69, 9.17) is 20.4 Å². The second kappa shape index (κ2) is 7.45. The molecule has 1 amide bonds. The molecule has 13 heteroatoms. The molecule has 4 bridgehead atoms. The summed E-state index contributed by atoms with van der Waals surface area (Å²) >= 11 is 0. The van der Waals surface area contributed by atoms with E-state index in [0.717, 1.165) is 24.8 Å². The van der Waals surface area contributed by atoms with Crippen LogP contribution >= 0.6 is 0 Å². The number of amides is 1. The number of nitrogens with one attached hydrogen (secondary N) is 3. The second-order valence-electron chi connectivity index (χ2n) is 8.76. The van der Waals surface area contributed by atoms with Crippen LogP contribution < -0.4 is 16.0 Å². The van der Waals surface area contributed by atoms with Crippen molar-refractivity contribution >= 4 is 55.5 Å². The minimum Gasteiger partial charge on any atom is -0.385 e. The highest BCUT2D eigenvalue weighted by atomic mass is 16.5. The molecule has 34 heavy (non-hydrogen) atoms. The Kier molecular flexibility index (Phi) is 4.60. The summed E-state index contributed by atoms with van der Waals surface area (Å²) in [6.07, 6.45) is 3.50. The summed E-state index contributed by atoms with van der Waals surface area (Å²) in [6.45, 7) is 0. The van der Waals surface area contributed by atoms with E-state index in [1.165, 1.54) is 10.7 Å². The van der Waals surface area contributed by atoms with Crippen LogP contribution in [0, 0.1) is 0 Å². The van der Waals surface area contributed by atoms with E-state index >= 15 is 0 Å². The van der Waals surface area contributed by atoms with Gasteiger partial charge in [0.25, 0.3) is 5.91 Å². The minimum absolute atomic E-state index is 0.253. The molecule has 2 atom stereocenters. The van der Waals surface area contributed by atoms with Crippen LogP contribution in [0.15, 0.2) is 24.4 Å². The third-order valence-electron chi connectivity index (χ3n) is 6.50. The molecule has 0 spiro atoms. The number of nitrogens with zero attached hydrogens (tertiary/aromatic N) is 6. The molecule has 168 valence electrons. The SMILES string of the molecule is [B]C1([B])O[C@H]2CCC[C@H]2NC(=O)c2cnc3c(NC)cc(nn23)Nc2cc1cc1nnn(C)c21. The number of hydrogen-bond acceptors (Lipinski definition) is 8. The Morgan fingerprint density at radius 1 is 1.26 bits per heavy atom. The lowest BCUT2D eigenvalue weighted by Crippen LogP contribution is -2.46. The molecule has 1 fully saturated rings. The highest BCUT2D eigenvalue weighted by Gasteiger charge is 2.36. The molecule has 11 nitrogen and oxygen atoms in total. The van der Waals surface area contributed by atoms with Gasteiger partial charge in [-0.25, -0.2) is 14.2 Å². The molecule has 3 N–H and O–H groups in total. The number of imidazole rings is 1. The van der Waals surface area contributed by atoms with Crippen molar-refractivity contribution in [2.24, 2.45) is 7.05 Å². The molecule has 2 aliphatic rings. The van der Waals surface area contributed by atoms with E-state index in [1.807, 2.05) is 6.07 Å². The second-order valence-corrected chi connectivity index (χ2v) is 8.76. The van der Waals surface area contributed by atoms with Gasteiger partial charge in [-0.15, -0.1) is 10.2 Å². The Morgan fingerprint density at radius 3 is 2.94 bits per heavy atom. The molecule has 1 aliphatic carbocycles. The van der Waals surface area contributed by atoms with E-state index < -0.39 is 5.40 Å². The van der Waals surface area contributed by atoms with Gasteiger partial charge in [-0.2, -0.15) is 0 Å². The van der Waals surface area contributed by atoms with Gasteiger partial charge in [0.2, 0.25) is 0 Å². The summed E-state index contributed by atoms with van der Waals surface area (Å²) in [4.78, 5) is 17.6. The lowest BCUT2D eigenvalue weighted by molar-refractivity contribution is -0.00593. The average molecular weight is 453 g/mol. The van der Waals surface area contributed by atoms with Crippen molar-refractivity contribution in [1.29, 1.82) is 0 Å². The molecule has 1 aromatic carbocycles. The third kappa shape index (κ3) is 3.22. The molecule has 3 aromatic heterocycles. The molecule has 6 rings (SSSR count). The van der Waals surface area contributed by atoms with Gasteiger partial charge in [-0.1, -0.05) is 5.21 Å². The summed E-state index contributed by atoms with van der Waals surface area (Å²) in [5.41, 5.74) is 4.06. The van der Waals surface area contributed by atoms with Crippen LogP contribution in [0.25, 0.3) is 16.7 Å². The Morgan fingerprint density at radius 2 is 2.12 bits per heavy atom. The monoisotopic (exact) mass is 453 g/mol. The molecule has 0 unspecified atom stereocenters. The van der Waals surface area contributed by atoms with E-state index in [9.17, 15) is 4.79 Å². The number of carbonyl (C=O) groups excluding carboxylic acids is 1. The third-order valence-corrected chi connectivity index (χ3v) is 6.50. The van der Waals surface area contributed by atoms with Crippen molar-refractivity contribution in [3.63, 3.8) is 0 Å². The van der Waals surface area contributed by atoms with Crippen LogP contribution in [0.3, 0.4) is 0 Å². The number of anilines is 3. The highest BCUT2D eigenvalue weighted by Crippen LogP contribution is 2.35. The number of hydrogen-bond donors (Lipinski definition) is 3. The number of aromatic nitrogens is 6. The van der Waals surface area contributed by atoms with Crippen molar-refractivity contribution in [2.75, 3.05) is 17.7 Å². The van der Waals surface area contributed by atoms with Gasteiger partial charge in [0.05, 0.1) is 29.7 Å². The number of benzene rings is 1. The zero-order chi connectivity index (χ0) is 23.6. The number of ether oxygens (including phenoxy) is 1. The predicted octanol–water partition coefficient (Wildman–Crippen LogP) is 0.925. The maximum Gasteiger partial charge on any atom is 0.271 e. The standard InChI is InChI=1S/C21H21B2N9O2/c1-24-14-8-17-26-12-6-10(7-13-18(12)31(2)30-28-13)21(22,23)34-16-5-3-4-11(16)27-20(33)15-9-25-19(14)32(15)29-17/h6-9,11,16,24H,3-5H2,1-2H3,(H,26,29)(H,27,33)/t11-,16+/m1/s1. The topological polar surface area (TPSA) is 123 Å². The maximum absolute atomic E-state index is 13.2. The Hall–Kier alpha value is -3.60. The highest BCUT2D eigenvalue weighted by molar-refractivity contribution is 6.39. The van der Waals surface area contributed by atoms with E-state index in [0.29, 0.717) is 39.6 Å². The lowest BCUT2D eigenvalue weighted by Gasteiger charge is -2.34. The van der Waals surface area contributed by atoms with Crippen LogP contribution in [-0.2, 0) is 17.2 Å². The van der Waals surface area contributed by atoms with Gasteiger partial charge in [-0.3, -0.25) is 4.79 Å². The number of fused-ring (bicyclic) bond motifs is 6. The van der Waals surface area contributed by atoms with Crippen molar-refractivity contribution in [2.45, 2.75) is 36.8 Å². The van der Waals surface area contributed by atoms with E-state index in [1.54, 1.807) is 30.9 Å². The lowest BCUT2D eigenvalue weighted by atomic mass is 9.61. The number of rotatable bonds is 1. The quantitative estimate of drug-likeness (QED) is 0.364. The van der Waals surface area contributed by atoms with Gasteiger partial charge in [0, 0.05) is 25.6 Å². The predicted molar refractivity (Wildman–Crippen MR) is 127 cm³/mol. The fourth-order valence-corrected chi connectivity index (χ4v) is 4.82. The fraction of sp³-hybridized carbons (Fsp3) is 0.381. The average Bonchev–Trinajstić information content (AvgIpc) is 3.51. The minimum atomic E-state index is -1.61. The zero-order valence-electron chi connectivity index (χ0n) is 18.7. The van der Waals surface area contributed by atoms with Crippen LogP contribution in [0.5, 0.6) is 0 Å². The first-order chi connectivity index (χ1) is 16.3. The van der Waals surface area contributed by atoms with Gasteiger partial charge < -0.3 is 20.7 Å². The van der Waals surface area contributed by atoms with Crippen molar-refractivity contribution in [3.05, 3.63) is 35.7 Å². The van der Waals surface area contributed by atoms with Crippen molar-refractivity contribution in [1.82, 2.24) is 34.9 Å². The normalized spacial score (nSPS) is 21.8. The van der Waals surface area contributed by atoms with E-state index in [-0.39, 0.29) is 18.1 Å². The van der Waals surface area contributed by atoms with Crippen molar-refractivity contribution < 1.29 is 9.53 Å². The molecule has 4 aromatic rings. The van der Waals surface area contributed by atoms with Crippen LogP contribution in [0.4, 0.5) is 17.2 Å². The summed E-state index contributed by atoms with van der Waals surface area (Å²) in [5, 5.41) is 20.9. The summed E-state index contributed by atoms with van der Waals surface area (Å²) < 4.78 is 9.38. The summed E-state index contributed by atoms with van der Waals surface area (Å²) in [5.74, 6) is 0.174. The Bertz CT molecular complexity index is 1450. The molecular weight excluding hydrogens is 432 g/mol. The van der Waals surface area contributed by atoms with Gasteiger partial charge in [0.15, 0.2) is 17.2 Å². The first-order valence-electron chi connectivity index (χ1n) is 11.1. The number of aryl methyl sites for hydroxylation is 1. The van der Waals surface area contributed by atoms with Gasteiger partial charge >= 0.3 is 0 Å². The van der Waals surface area contributed by atoms with Crippen LogP contribution in [0.1, 0.15) is 35.3 Å². The Labute approximate surface area is 197 Å². The first kappa shape index (κ1) is 21.0. The first-order valence-corrected chi connectivity index (χ1v) is 11.1. The van der Waals surface area contributed by atoms with Crippen molar-refractivity contribution in [3.8, 4) is 0 Å². The van der Waals surface area contributed by atoms with Crippen LogP contribution in [0.2, 0.25) is 0 Å². The molecule has 0 saturated heterocycles. The largest absolute Gasteiger partial charge is 0.385 e. The van der Waals surface area contributed by atoms with Crippen LogP contribution in [-0.4, -0.2) is 70.4 Å². The molecule has 4 radical (unpaired) electrons. The molecule has 1 saturated carbocycles. The zero-order valence-corrected chi connectivity index (χ0v) is 18.7.